The summed E-state index contributed by atoms with van der Waals surface area (Å²) in [6.45, 7) is 1.33. The van der Waals surface area contributed by atoms with Crippen molar-refractivity contribution in [3.63, 3.8) is 0 Å². The second-order valence-electron chi connectivity index (χ2n) is 11.1. The fourth-order valence-corrected chi connectivity index (χ4v) is 6.93. The first kappa shape index (κ1) is 36.8. The van der Waals surface area contributed by atoms with Gasteiger partial charge in [0.1, 0.15) is 5.75 Å². The SMILES string of the molecule is Cl.O=S(=O)(Nc1cccc(OCCCNCC(Cc2cccc(C(F)(F)F)c2Cl)(c2ccccc2)c2ccccc2)c1)c1ccccc1. The second kappa shape index (κ2) is 16.4. The summed E-state index contributed by atoms with van der Waals surface area (Å²) in [6, 6.07) is 38.3. The minimum Gasteiger partial charge on any atom is -0.493 e. The Hall–Kier alpha value is -4.02. The van der Waals surface area contributed by atoms with E-state index in [4.69, 9.17) is 16.3 Å². The molecular weight excluding hydrogens is 680 g/mol. The average molecular weight is 716 g/mol. The van der Waals surface area contributed by atoms with E-state index in [0.717, 1.165) is 17.2 Å². The molecule has 0 fully saturated rings. The molecule has 0 aliphatic heterocycles. The van der Waals surface area contributed by atoms with Crippen molar-refractivity contribution in [2.75, 3.05) is 24.4 Å². The largest absolute Gasteiger partial charge is 0.493 e. The zero-order valence-electron chi connectivity index (χ0n) is 25.8. The molecule has 0 aliphatic carbocycles. The van der Waals surface area contributed by atoms with Gasteiger partial charge < -0.3 is 10.1 Å². The van der Waals surface area contributed by atoms with Crippen molar-refractivity contribution < 1.29 is 26.3 Å². The van der Waals surface area contributed by atoms with E-state index in [1.165, 1.54) is 18.2 Å². The molecule has 0 saturated heterocycles. The highest BCUT2D eigenvalue weighted by molar-refractivity contribution is 7.92. The molecule has 5 aromatic rings. The number of rotatable bonds is 14. The third-order valence-electron chi connectivity index (χ3n) is 7.86. The highest BCUT2D eigenvalue weighted by Gasteiger charge is 2.38. The molecule has 0 radical (unpaired) electrons. The van der Waals surface area contributed by atoms with Crippen LogP contribution in [-0.4, -0.2) is 28.1 Å². The van der Waals surface area contributed by atoms with Crippen LogP contribution in [0.25, 0.3) is 0 Å². The van der Waals surface area contributed by atoms with E-state index in [0.29, 0.717) is 43.1 Å². The third kappa shape index (κ3) is 9.11. The van der Waals surface area contributed by atoms with Gasteiger partial charge in [-0.15, -0.1) is 12.4 Å². The van der Waals surface area contributed by atoms with Gasteiger partial charge in [0, 0.05) is 18.0 Å². The molecule has 0 saturated carbocycles. The van der Waals surface area contributed by atoms with Crippen LogP contribution in [0, 0.1) is 0 Å². The molecule has 5 rings (SSSR count). The molecule has 0 atom stereocenters. The van der Waals surface area contributed by atoms with Gasteiger partial charge in [-0.1, -0.05) is 109 Å². The monoisotopic (exact) mass is 714 g/mol. The zero-order valence-corrected chi connectivity index (χ0v) is 28.2. The second-order valence-corrected chi connectivity index (χ2v) is 13.2. The summed E-state index contributed by atoms with van der Waals surface area (Å²) in [4.78, 5) is 0.162. The first-order valence-corrected chi connectivity index (χ1v) is 16.9. The topological polar surface area (TPSA) is 67.4 Å². The lowest BCUT2D eigenvalue weighted by molar-refractivity contribution is -0.137. The quantitative estimate of drug-likeness (QED) is 0.113. The van der Waals surface area contributed by atoms with Gasteiger partial charge in [0.25, 0.3) is 10.0 Å². The van der Waals surface area contributed by atoms with Gasteiger partial charge in [-0.3, -0.25) is 4.72 Å². The van der Waals surface area contributed by atoms with Crippen LogP contribution in [0.4, 0.5) is 18.9 Å². The van der Waals surface area contributed by atoms with Gasteiger partial charge in [0.05, 0.1) is 27.8 Å². The van der Waals surface area contributed by atoms with Crippen LogP contribution in [0.2, 0.25) is 5.02 Å². The molecule has 0 unspecified atom stereocenters. The Morgan fingerprint density at radius 2 is 1.31 bits per heavy atom. The fourth-order valence-electron chi connectivity index (χ4n) is 5.56. The van der Waals surface area contributed by atoms with Gasteiger partial charge in [0.15, 0.2) is 0 Å². The summed E-state index contributed by atoms with van der Waals surface area (Å²) in [6.07, 6.45) is -3.72. The van der Waals surface area contributed by atoms with Crippen molar-refractivity contribution >= 4 is 39.7 Å². The average Bonchev–Trinajstić information content (AvgIpc) is 3.07. The molecular formula is C37H35Cl2F3N2O3S. The van der Waals surface area contributed by atoms with Crippen molar-refractivity contribution in [3.05, 3.63) is 161 Å². The Morgan fingerprint density at radius 1 is 0.729 bits per heavy atom. The molecule has 5 aromatic carbocycles. The van der Waals surface area contributed by atoms with E-state index in [1.807, 2.05) is 60.7 Å². The number of halogens is 5. The minimum absolute atomic E-state index is 0. The van der Waals surface area contributed by atoms with Gasteiger partial charge in [-0.2, -0.15) is 13.2 Å². The molecule has 0 aromatic heterocycles. The maximum absolute atomic E-state index is 13.8. The summed E-state index contributed by atoms with van der Waals surface area (Å²) in [5.41, 5.74) is 1.09. The highest BCUT2D eigenvalue weighted by atomic mass is 35.5. The smallest absolute Gasteiger partial charge is 0.417 e. The summed E-state index contributed by atoms with van der Waals surface area (Å²) >= 11 is 6.42. The van der Waals surface area contributed by atoms with Crippen LogP contribution in [0.15, 0.2) is 138 Å². The maximum Gasteiger partial charge on any atom is 0.417 e. The van der Waals surface area contributed by atoms with E-state index in [1.54, 1.807) is 48.5 Å². The number of alkyl halides is 3. The summed E-state index contributed by atoms with van der Waals surface area (Å²) in [5.74, 6) is 0.514. The molecule has 2 N–H and O–H groups in total. The Labute approximate surface area is 290 Å². The molecule has 5 nitrogen and oxygen atoms in total. The lowest BCUT2D eigenvalue weighted by Crippen LogP contribution is -2.42. The van der Waals surface area contributed by atoms with Crippen molar-refractivity contribution in [1.29, 1.82) is 0 Å². The normalized spacial score (nSPS) is 11.8. The maximum atomic E-state index is 13.8. The molecule has 0 bridgehead atoms. The van der Waals surface area contributed by atoms with Crippen LogP contribution < -0.4 is 14.8 Å². The molecule has 11 heteroatoms. The van der Waals surface area contributed by atoms with Crippen LogP contribution in [-0.2, 0) is 28.0 Å². The van der Waals surface area contributed by atoms with Crippen molar-refractivity contribution in [2.45, 2.75) is 29.3 Å². The Balaban J connectivity index is 0.00000520. The van der Waals surface area contributed by atoms with Crippen LogP contribution in [0.3, 0.4) is 0 Å². The standard InChI is InChI=1S/C37H34ClF3N2O3S.ClH/c38-35-28(13-10-22-34(35)37(39,40)41)26-36(29-14-4-1-5-15-29,30-16-6-2-7-17-30)27-42-23-12-24-46-32-19-11-18-31(25-32)43-47(44,45)33-20-8-3-9-21-33;/h1-11,13-22,25,42-43H,12,23-24,26-27H2;1H. The Kier molecular flexibility index (Phi) is 12.6. The van der Waals surface area contributed by atoms with Crippen molar-refractivity contribution in [3.8, 4) is 5.75 Å². The predicted molar refractivity (Wildman–Crippen MR) is 188 cm³/mol. The number of nitrogens with one attached hydrogen (secondary N) is 2. The third-order valence-corrected chi connectivity index (χ3v) is 9.71. The van der Waals surface area contributed by atoms with Crippen LogP contribution in [0.1, 0.15) is 28.7 Å². The number of benzene rings is 5. The summed E-state index contributed by atoms with van der Waals surface area (Å²) in [5, 5.41) is 3.22. The molecule has 0 heterocycles. The number of hydrogen-bond donors (Lipinski definition) is 2. The van der Waals surface area contributed by atoms with Gasteiger partial charge in [-0.25, -0.2) is 8.42 Å². The lowest BCUT2D eigenvalue weighted by Gasteiger charge is -2.36. The summed E-state index contributed by atoms with van der Waals surface area (Å²) in [7, 11) is -3.74. The van der Waals surface area contributed by atoms with Crippen LogP contribution >= 0.6 is 24.0 Å². The first-order chi connectivity index (χ1) is 22.6. The van der Waals surface area contributed by atoms with E-state index in [2.05, 4.69) is 10.0 Å². The van der Waals surface area contributed by atoms with E-state index in [9.17, 15) is 21.6 Å². The zero-order chi connectivity index (χ0) is 33.3. The molecule has 48 heavy (non-hydrogen) atoms. The molecule has 252 valence electrons. The Bertz CT molecular complexity index is 1820. The highest BCUT2D eigenvalue weighted by Crippen LogP contribution is 2.41. The molecule has 0 spiro atoms. The van der Waals surface area contributed by atoms with E-state index in [-0.39, 0.29) is 28.7 Å². The minimum atomic E-state index is -4.57. The van der Waals surface area contributed by atoms with E-state index >= 15 is 0 Å². The van der Waals surface area contributed by atoms with Crippen LogP contribution in [0.5, 0.6) is 5.75 Å². The number of hydrogen-bond acceptors (Lipinski definition) is 4. The van der Waals surface area contributed by atoms with Crippen molar-refractivity contribution in [1.82, 2.24) is 5.32 Å². The van der Waals surface area contributed by atoms with Crippen molar-refractivity contribution in [2.24, 2.45) is 0 Å². The lowest BCUT2D eigenvalue weighted by atomic mass is 9.70. The predicted octanol–water partition coefficient (Wildman–Crippen LogP) is 9.17. The Morgan fingerprint density at radius 3 is 1.92 bits per heavy atom. The number of anilines is 1. The molecule has 0 amide bonds. The van der Waals surface area contributed by atoms with Gasteiger partial charge in [0.2, 0.25) is 0 Å². The first-order valence-electron chi connectivity index (χ1n) is 15.1. The van der Waals surface area contributed by atoms with E-state index < -0.39 is 27.2 Å². The number of ether oxygens (including phenoxy) is 1. The van der Waals surface area contributed by atoms with Gasteiger partial charge >= 0.3 is 6.18 Å². The summed E-state index contributed by atoms with van der Waals surface area (Å²) < 4.78 is 75.3. The molecule has 0 aliphatic rings. The fraction of sp³-hybridized carbons (Fsp3) is 0.189. The number of sulfonamides is 1. The van der Waals surface area contributed by atoms with Gasteiger partial charge in [-0.05, 0) is 66.4 Å².